The highest BCUT2D eigenvalue weighted by molar-refractivity contribution is 5.76. The number of para-hydroxylation sites is 1. The standard InChI is InChI=1S/C20H22N6O2/c27-19-16-10-21-26(15-8-2-1-3-9-15)18(16)23-17(24-19)13-11-25(12-13)20(28)22-14-6-4-5-7-14/h1-3,8-10,13-14H,4-7,11-12H2,(H,22,28)(H,23,24,27). The molecule has 2 aliphatic rings. The fourth-order valence-corrected chi connectivity index (χ4v) is 4.04. The molecule has 144 valence electrons. The Labute approximate surface area is 161 Å². The van der Waals surface area contributed by atoms with Gasteiger partial charge in [0.2, 0.25) is 0 Å². The van der Waals surface area contributed by atoms with Crippen LogP contribution >= 0.6 is 0 Å². The number of aromatic nitrogens is 4. The highest BCUT2D eigenvalue weighted by Gasteiger charge is 2.35. The van der Waals surface area contributed by atoms with E-state index in [1.54, 1.807) is 15.8 Å². The third-order valence-corrected chi connectivity index (χ3v) is 5.70. The van der Waals surface area contributed by atoms with Gasteiger partial charge < -0.3 is 15.2 Å². The molecule has 0 spiro atoms. The molecule has 1 saturated carbocycles. The second-order valence-corrected chi connectivity index (χ2v) is 7.61. The summed E-state index contributed by atoms with van der Waals surface area (Å²) in [5.74, 6) is 0.644. The topological polar surface area (TPSA) is 95.9 Å². The molecule has 2 amide bonds. The first kappa shape index (κ1) is 17.0. The van der Waals surface area contributed by atoms with Crippen molar-refractivity contribution in [1.82, 2.24) is 30.0 Å². The van der Waals surface area contributed by atoms with Crippen molar-refractivity contribution in [3.05, 3.63) is 52.7 Å². The van der Waals surface area contributed by atoms with Crippen LogP contribution in [-0.4, -0.2) is 49.8 Å². The minimum Gasteiger partial charge on any atom is -0.335 e. The maximum Gasteiger partial charge on any atom is 0.317 e. The third kappa shape index (κ3) is 2.94. The summed E-state index contributed by atoms with van der Waals surface area (Å²) >= 11 is 0. The van der Waals surface area contributed by atoms with Gasteiger partial charge in [0, 0.05) is 19.1 Å². The molecule has 8 heteroatoms. The van der Waals surface area contributed by atoms with E-state index in [0.29, 0.717) is 36.0 Å². The summed E-state index contributed by atoms with van der Waals surface area (Å²) < 4.78 is 1.68. The van der Waals surface area contributed by atoms with Crippen LogP contribution in [0.3, 0.4) is 0 Å². The van der Waals surface area contributed by atoms with Crippen LogP contribution in [0.4, 0.5) is 4.79 Å². The summed E-state index contributed by atoms with van der Waals surface area (Å²) in [6.07, 6.45) is 6.05. The molecule has 0 atom stereocenters. The molecule has 0 bridgehead atoms. The number of amides is 2. The van der Waals surface area contributed by atoms with Crippen molar-refractivity contribution < 1.29 is 4.79 Å². The van der Waals surface area contributed by atoms with Crippen LogP contribution in [0.25, 0.3) is 16.7 Å². The molecule has 1 aliphatic heterocycles. The fourth-order valence-electron chi connectivity index (χ4n) is 4.04. The molecule has 2 aromatic heterocycles. The molecule has 3 aromatic rings. The zero-order valence-electron chi connectivity index (χ0n) is 15.5. The van der Waals surface area contributed by atoms with Crippen LogP contribution in [0.15, 0.2) is 41.3 Å². The first-order chi connectivity index (χ1) is 13.7. The van der Waals surface area contributed by atoms with Gasteiger partial charge in [0.15, 0.2) is 5.65 Å². The Bertz CT molecular complexity index is 1060. The first-order valence-electron chi connectivity index (χ1n) is 9.78. The second kappa shape index (κ2) is 6.78. The average Bonchev–Trinajstić information content (AvgIpc) is 3.31. The van der Waals surface area contributed by atoms with E-state index in [2.05, 4.69) is 20.4 Å². The zero-order chi connectivity index (χ0) is 19.1. The molecule has 3 heterocycles. The zero-order valence-corrected chi connectivity index (χ0v) is 15.5. The molecule has 0 unspecified atom stereocenters. The van der Waals surface area contributed by atoms with Crippen LogP contribution in [0.5, 0.6) is 0 Å². The monoisotopic (exact) mass is 378 g/mol. The number of rotatable bonds is 3. The van der Waals surface area contributed by atoms with E-state index in [4.69, 9.17) is 0 Å². The Morgan fingerprint density at radius 1 is 1.14 bits per heavy atom. The lowest BCUT2D eigenvalue weighted by Crippen LogP contribution is -2.54. The number of urea groups is 1. The number of hydrogen-bond donors (Lipinski definition) is 2. The molecular weight excluding hydrogens is 356 g/mol. The third-order valence-electron chi connectivity index (χ3n) is 5.70. The minimum absolute atomic E-state index is 0.0131. The summed E-state index contributed by atoms with van der Waals surface area (Å²) in [5.41, 5.74) is 1.20. The molecule has 1 aliphatic carbocycles. The van der Waals surface area contributed by atoms with Gasteiger partial charge in [0.25, 0.3) is 5.56 Å². The van der Waals surface area contributed by atoms with Crippen LogP contribution in [0, 0.1) is 0 Å². The highest BCUT2D eigenvalue weighted by atomic mass is 16.2. The largest absolute Gasteiger partial charge is 0.335 e. The second-order valence-electron chi connectivity index (χ2n) is 7.61. The quantitative estimate of drug-likeness (QED) is 0.730. The number of carbonyl (C=O) groups excluding carboxylic acids is 1. The van der Waals surface area contributed by atoms with E-state index < -0.39 is 0 Å². The van der Waals surface area contributed by atoms with Gasteiger partial charge in [-0.25, -0.2) is 14.5 Å². The van der Waals surface area contributed by atoms with Gasteiger partial charge >= 0.3 is 6.03 Å². The van der Waals surface area contributed by atoms with Crippen LogP contribution in [-0.2, 0) is 0 Å². The normalized spacial score (nSPS) is 17.8. The van der Waals surface area contributed by atoms with E-state index in [1.807, 2.05) is 30.3 Å². The van der Waals surface area contributed by atoms with Crippen LogP contribution in [0.1, 0.15) is 37.4 Å². The first-order valence-corrected chi connectivity index (χ1v) is 9.78. The molecule has 1 aromatic carbocycles. The molecule has 1 saturated heterocycles. The molecule has 8 nitrogen and oxygen atoms in total. The van der Waals surface area contributed by atoms with E-state index in [1.165, 1.54) is 12.8 Å². The van der Waals surface area contributed by atoms with Gasteiger partial charge in [-0.3, -0.25) is 4.79 Å². The lowest BCUT2D eigenvalue weighted by molar-refractivity contribution is 0.145. The number of aromatic amines is 1. The van der Waals surface area contributed by atoms with Crippen LogP contribution in [0.2, 0.25) is 0 Å². The number of likely N-dealkylation sites (tertiary alicyclic amines) is 1. The highest BCUT2D eigenvalue weighted by Crippen LogP contribution is 2.26. The van der Waals surface area contributed by atoms with Crippen molar-refractivity contribution in [3.63, 3.8) is 0 Å². The van der Waals surface area contributed by atoms with E-state index in [0.717, 1.165) is 18.5 Å². The number of benzene rings is 1. The number of hydrogen-bond acceptors (Lipinski definition) is 4. The summed E-state index contributed by atoms with van der Waals surface area (Å²) in [4.78, 5) is 34.2. The Kier molecular flexibility index (Phi) is 4.11. The SMILES string of the molecule is O=C(NC1CCCC1)N1CC(c2nc3c(cnn3-c3ccccc3)c(=O)[nH]2)C1. The van der Waals surface area contributed by atoms with Gasteiger partial charge in [-0.05, 0) is 25.0 Å². The van der Waals surface area contributed by atoms with Crippen molar-refractivity contribution in [3.8, 4) is 5.69 Å². The van der Waals surface area contributed by atoms with Crippen molar-refractivity contribution in [1.29, 1.82) is 0 Å². The summed E-state index contributed by atoms with van der Waals surface area (Å²) in [7, 11) is 0. The number of carbonyl (C=O) groups is 1. The summed E-state index contributed by atoms with van der Waals surface area (Å²) in [6, 6.07) is 9.91. The average molecular weight is 378 g/mol. The maximum absolute atomic E-state index is 12.5. The summed E-state index contributed by atoms with van der Waals surface area (Å²) in [6.45, 7) is 1.12. The van der Waals surface area contributed by atoms with Gasteiger partial charge in [0.1, 0.15) is 11.2 Å². The number of H-pyrrole nitrogens is 1. The Morgan fingerprint density at radius 2 is 1.89 bits per heavy atom. The predicted octanol–water partition coefficient (Wildman–Crippen LogP) is 2.16. The smallest absolute Gasteiger partial charge is 0.317 e. The van der Waals surface area contributed by atoms with Gasteiger partial charge in [0.05, 0.1) is 17.8 Å². The molecule has 5 rings (SSSR count). The number of nitrogens with one attached hydrogen (secondary N) is 2. The Morgan fingerprint density at radius 3 is 2.64 bits per heavy atom. The predicted molar refractivity (Wildman–Crippen MR) is 105 cm³/mol. The Balaban J connectivity index is 1.36. The lowest BCUT2D eigenvalue weighted by atomic mass is 9.99. The molecule has 2 N–H and O–H groups in total. The van der Waals surface area contributed by atoms with Gasteiger partial charge in [-0.15, -0.1) is 0 Å². The van der Waals surface area contributed by atoms with Crippen molar-refractivity contribution in [2.75, 3.05) is 13.1 Å². The molecule has 2 fully saturated rings. The van der Waals surface area contributed by atoms with E-state index in [-0.39, 0.29) is 17.5 Å². The molecular formula is C20H22N6O2. The number of fused-ring (bicyclic) bond motifs is 1. The van der Waals surface area contributed by atoms with Crippen molar-refractivity contribution >= 4 is 17.1 Å². The minimum atomic E-state index is -0.198. The number of nitrogens with zero attached hydrogens (tertiary/aromatic N) is 4. The van der Waals surface area contributed by atoms with Crippen molar-refractivity contribution in [2.45, 2.75) is 37.6 Å². The van der Waals surface area contributed by atoms with Gasteiger partial charge in [-0.2, -0.15) is 5.10 Å². The summed E-state index contributed by atoms with van der Waals surface area (Å²) in [5, 5.41) is 7.89. The Hall–Kier alpha value is -3.16. The fraction of sp³-hybridized carbons (Fsp3) is 0.400. The van der Waals surface area contributed by atoms with Gasteiger partial charge in [-0.1, -0.05) is 31.0 Å². The van der Waals surface area contributed by atoms with Crippen molar-refractivity contribution in [2.24, 2.45) is 0 Å². The molecule has 28 heavy (non-hydrogen) atoms. The molecule has 0 radical (unpaired) electrons. The van der Waals surface area contributed by atoms with E-state index >= 15 is 0 Å². The lowest BCUT2D eigenvalue weighted by Gasteiger charge is -2.39. The van der Waals surface area contributed by atoms with E-state index in [9.17, 15) is 9.59 Å². The van der Waals surface area contributed by atoms with Crippen LogP contribution < -0.4 is 10.9 Å². The maximum atomic E-state index is 12.5.